The number of para-hydroxylation sites is 2. The molecule has 18 heavy (non-hydrogen) atoms. The first kappa shape index (κ1) is 11.3. The van der Waals surface area contributed by atoms with Crippen molar-refractivity contribution in [1.29, 1.82) is 0 Å². The van der Waals surface area contributed by atoms with Crippen LogP contribution in [-0.2, 0) is 12.0 Å². The van der Waals surface area contributed by atoms with Crippen LogP contribution in [0.3, 0.4) is 0 Å². The minimum Gasteiger partial charge on any atom is -0.385 e. The molecule has 0 radical (unpaired) electrons. The highest BCUT2D eigenvalue weighted by Gasteiger charge is 2.32. The maximum absolute atomic E-state index is 10.7. The summed E-state index contributed by atoms with van der Waals surface area (Å²) in [6, 6.07) is 16.3. The van der Waals surface area contributed by atoms with E-state index in [1.54, 1.807) is 0 Å². The Morgan fingerprint density at radius 3 is 2.39 bits per heavy atom. The van der Waals surface area contributed by atoms with Crippen LogP contribution < -0.4 is 4.90 Å². The van der Waals surface area contributed by atoms with E-state index in [1.807, 2.05) is 37.3 Å². The van der Waals surface area contributed by atoms with Gasteiger partial charge in [0.05, 0.1) is 5.60 Å². The molecule has 92 valence electrons. The van der Waals surface area contributed by atoms with Crippen LogP contribution in [0.15, 0.2) is 48.5 Å². The quantitative estimate of drug-likeness (QED) is 0.763. The van der Waals surface area contributed by atoms with E-state index in [-0.39, 0.29) is 0 Å². The van der Waals surface area contributed by atoms with Crippen LogP contribution in [0, 0.1) is 0 Å². The molecule has 0 fully saturated rings. The molecule has 3 rings (SSSR count). The summed E-state index contributed by atoms with van der Waals surface area (Å²) >= 11 is 0. The van der Waals surface area contributed by atoms with Crippen molar-refractivity contribution in [1.82, 2.24) is 0 Å². The molecule has 0 aromatic heterocycles. The van der Waals surface area contributed by atoms with E-state index in [9.17, 15) is 5.11 Å². The molecular formula is C16H17NO. The van der Waals surface area contributed by atoms with Gasteiger partial charge in [-0.05, 0) is 24.6 Å². The number of nitrogens with zero attached hydrogens (tertiary/aromatic N) is 1. The Kier molecular flexibility index (Phi) is 2.42. The molecule has 0 saturated carbocycles. The van der Waals surface area contributed by atoms with Crippen LogP contribution in [0.4, 0.5) is 11.4 Å². The monoisotopic (exact) mass is 239 g/mol. The van der Waals surface area contributed by atoms with Gasteiger partial charge < -0.3 is 10.0 Å². The molecule has 1 heterocycles. The summed E-state index contributed by atoms with van der Waals surface area (Å²) in [5.41, 5.74) is 3.59. The number of hydrogen-bond donors (Lipinski definition) is 1. The number of fused-ring (bicyclic) bond motifs is 2. The molecule has 2 nitrogen and oxygen atoms in total. The van der Waals surface area contributed by atoms with Gasteiger partial charge in [-0.1, -0.05) is 36.4 Å². The summed E-state index contributed by atoms with van der Waals surface area (Å²) in [5, 5.41) is 10.7. The number of rotatable bonds is 0. The highest BCUT2D eigenvalue weighted by Crippen LogP contribution is 2.41. The number of aliphatic hydroxyl groups is 1. The van der Waals surface area contributed by atoms with Crippen LogP contribution in [0.2, 0.25) is 0 Å². The summed E-state index contributed by atoms with van der Waals surface area (Å²) in [6.45, 7) is 1.89. The number of benzene rings is 2. The van der Waals surface area contributed by atoms with Crippen molar-refractivity contribution in [3.05, 3.63) is 59.7 Å². The Morgan fingerprint density at radius 2 is 1.61 bits per heavy atom. The van der Waals surface area contributed by atoms with Gasteiger partial charge in [-0.25, -0.2) is 0 Å². The Morgan fingerprint density at radius 1 is 1.00 bits per heavy atom. The van der Waals surface area contributed by atoms with Crippen LogP contribution in [0.5, 0.6) is 0 Å². The Labute approximate surface area is 107 Å². The summed E-state index contributed by atoms with van der Waals surface area (Å²) in [5.74, 6) is 0. The fraction of sp³-hybridized carbons (Fsp3) is 0.250. The Hall–Kier alpha value is -1.80. The molecule has 0 bridgehead atoms. The Bertz CT molecular complexity index is 589. The van der Waals surface area contributed by atoms with Gasteiger partial charge in [0.2, 0.25) is 0 Å². The predicted octanol–water partition coefficient (Wildman–Crippen LogP) is 3.22. The lowest BCUT2D eigenvalue weighted by molar-refractivity contribution is 0.0591. The minimum atomic E-state index is -0.822. The molecule has 0 amide bonds. The number of hydrogen-bond acceptors (Lipinski definition) is 2. The zero-order valence-corrected chi connectivity index (χ0v) is 10.7. The van der Waals surface area contributed by atoms with E-state index < -0.39 is 5.60 Å². The van der Waals surface area contributed by atoms with Crippen LogP contribution >= 0.6 is 0 Å². The summed E-state index contributed by atoms with van der Waals surface area (Å²) in [4.78, 5) is 2.16. The summed E-state index contributed by atoms with van der Waals surface area (Å²) in [6.07, 6.45) is 0.643. The second kappa shape index (κ2) is 3.85. The highest BCUT2D eigenvalue weighted by molar-refractivity contribution is 5.71. The van der Waals surface area contributed by atoms with Crippen molar-refractivity contribution >= 4 is 11.4 Å². The average Bonchev–Trinajstić information content (AvgIpc) is 2.45. The molecular weight excluding hydrogens is 222 g/mol. The van der Waals surface area contributed by atoms with Crippen LogP contribution in [-0.4, -0.2) is 12.2 Å². The van der Waals surface area contributed by atoms with E-state index in [0.717, 1.165) is 11.3 Å². The maximum atomic E-state index is 10.7. The Balaban J connectivity index is 2.28. The molecule has 2 aromatic carbocycles. The molecule has 1 N–H and O–H groups in total. The molecule has 1 unspecified atom stereocenters. The van der Waals surface area contributed by atoms with Crippen molar-refractivity contribution in [2.75, 3.05) is 11.9 Å². The van der Waals surface area contributed by atoms with Crippen LogP contribution in [0.1, 0.15) is 18.1 Å². The van der Waals surface area contributed by atoms with Gasteiger partial charge in [0.15, 0.2) is 0 Å². The average molecular weight is 239 g/mol. The summed E-state index contributed by atoms with van der Waals surface area (Å²) < 4.78 is 0. The first-order chi connectivity index (χ1) is 8.59. The second-order valence-corrected chi connectivity index (χ2v) is 5.16. The SMILES string of the molecule is CN1c2ccccc2CC(C)(O)c2ccccc21. The third-order valence-electron chi connectivity index (χ3n) is 3.73. The molecule has 0 spiro atoms. The van der Waals surface area contributed by atoms with E-state index >= 15 is 0 Å². The van der Waals surface area contributed by atoms with E-state index in [0.29, 0.717) is 6.42 Å². The van der Waals surface area contributed by atoms with Crippen molar-refractivity contribution in [3.8, 4) is 0 Å². The first-order valence-electron chi connectivity index (χ1n) is 6.23. The fourth-order valence-electron chi connectivity index (χ4n) is 2.80. The normalized spacial score (nSPS) is 22.1. The molecule has 1 atom stereocenters. The predicted molar refractivity (Wildman–Crippen MR) is 74.2 cm³/mol. The van der Waals surface area contributed by atoms with Gasteiger partial charge >= 0.3 is 0 Å². The summed E-state index contributed by atoms with van der Waals surface area (Å²) in [7, 11) is 2.05. The molecule has 2 heteroatoms. The zero-order chi connectivity index (χ0) is 12.8. The fourth-order valence-corrected chi connectivity index (χ4v) is 2.80. The highest BCUT2D eigenvalue weighted by atomic mass is 16.3. The van der Waals surface area contributed by atoms with Gasteiger partial charge in [-0.15, -0.1) is 0 Å². The van der Waals surface area contributed by atoms with E-state index in [4.69, 9.17) is 0 Å². The van der Waals surface area contributed by atoms with Gasteiger partial charge in [0.1, 0.15) is 0 Å². The van der Waals surface area contributed by atoms with Crippen molar-refractivity contribution in [3.63, 3.8) is 0 Å². The lowest BCUT2D eigenvalue weighted by Gasteiger charge is -2.25. The molecule has 1 aliphatic rings. The standard InChI is InChI=1S/C16H17NO/c1-16(18)11-12-7-3-5-9-14(12)17(2)15-10-6-4-8-13(15)16/h3-10,18H,11H2,1-2H3. The second-order valence-electron chi connectivity index (χ2n) is 5.16. The lowest BCUT2D eigenvalue weighted by Crippen LogP contribution is -2.24. The van der Waals surface area contributed by atoms with Crippen LogP contribution in [0.25, 0.3) is 0 Å². The maximum Gasteiger partial charge on any atom is 0.0929 e. The topological polar surface area (TPSA) is 23.5 Å². The minimum absolute atomic E-state index is 0.643. The molecule has 1 aliphatic heterocycles. The van der Waals surface area contributed by atoms with Gasteiger partial charge in [0, 0.05) is 30.4 Å². The van der Waals surface area contributed by atoms with E-state index in [2.05, 4.69) is 30.1 Å². The largest absolute Gasteiger partial charge is 0.385 e. The smallest absolute Gasteiger partial charge is 0.0929 e. The third kappa shape index (κ3) is 1.61. The molecule has 2 aromatic rings. The van der Waals surface area contributed by atoms with E-state index in [1.165, 1.54) is 11.3 Å². The zero-order valence-electron chi connectivity index (χ0n) is 10.7. The first-order valence-corrected chi connectivity index (χ1v) is 6.23. The van der Waals surface area contributed by atoms with Gasteiger partial charge in [0.25, 0.3) is 0 Å². The lowest BCUT2D eigenvalue weighted by atomic mass is 9.89. The third-order valence-corrected chi connectivity index (χ3v) is 3.73. The van der Waals surface area contributed by atoms with Gasteiger partial charge in [-0.2, -0.15) is 0 Å². The van der Waals surface area contributed by atoms with Crippen molar-refractivity contribution < 1.29 is 5.11 Å². The van der Waals surface area contributed by atoms with Gasteiger partial charge in [-0.3, -0.25) is 0 Å². The van der Waals surface area contributed by atoms with Crippen molar-refractivity contribution in [2.45, 2.75) is 18.9 Å². The molecule has 0 aliphatic carbocycles. The number of anilines is 2. The molecule has 0 saturated heterocycles. The van der Waals surface area contributed by atoms with Crippen molar-refractivity contribution in [2.24, 2.45) is 0 Å².